The highest BCUT2D eigenvalue weighted by Crippen LogP contribution is 2.28. The molecule has 0 heterocycles. The van der Waals surface area contributed by atoms with E-state index in [4.69, 9.17) is 10.5 Å². The molecule has 1 atom stereocenters. The summed E-state index contributed by atoms with van der Waals surface area (Å²) in [7, 11) is 3.59. The minimum Gasteiger partial charge on any atom is -0.496 e. The third-order valence-corrected chi connectivity index (χ3v) is 3.03. The van der Waals surface area contributed by atoms with Gasteiger partial charge >= 0.3 is 0 Å². The quantitative estimate of drug-likeness (QED) is 0.812. The van der Waals surface area contributed by atoms with Crippen molar-refractivity contribution in [3.8, 4) is 5.75 Å². The van der Waals surface area contributed by atoms with E-state index in [1.165, 1.54) is 13.2 Å². The molecule has 2 N–H and O–H groups in total. The van der Waals surface area contributed by atoms with Gasteiger partial charge in [-0.05, 0) is 45.1 Å². The molecule has 1 aromatic carbocycles. The van der Waals surface area contributed by atoms with Crippen molar-refractivity contribution >= 4 is 0 Å². The monoisotopic (exact) mass is 254 g/mol. The maximum atomic E-state index is 13.8. The highest BCUT2D eigenvalue weighted by atomic mass is 19.1. The number of benzene rings is 1. The Balaban J connectivity index is 2.69. The minimum atomic E-state index is -0.333. The van der Waals surface area contributed by atoms with Gasteiger partial charge in [0.25, 0.3) is 0 Å². The van der Waals surface area contributed by atoms with Crippen molar-refractivity contribution in [2.75, 3.05) is 27.2 Å². The van der Waals surface area contributed by atoms with Crippen LogP contribution in [-0.4, -0.2) is 32.1 Å². The SMILES string of the molecule is CCCN(C)CCC(N)c1c(F)cccc1OC. The lowest BCUT2D eigenvalue weighted by molar-refractivity contribution is 0.315. The van der Waals surface area contributed by atoms with Crippen LogP contribution in [0.1, 0.15) is 31.4 Å². The molecule has 0 amide bonds. The van der Waals surface area contributed by atoms with Gasteiger partial charge in [-0.15, -0.1) is 0 Å². The molecule has 1 aromatic rings. The third kappa shape index (κ3) is 3.96. The van der Waals surface area contributed by atoms with Crippen LogP contribution in [0.2, 0.25) is 0 Å². The summed E-state index contributed by atoms with van der Waals surface area (Å²) in [5, 5.41) is 0. The van der Waals surface area contributed by atoms with Gasteiger partial charge in [-0.1, -0.05) is 13.0 Å². The molecule has 3 nitrogen and oxygen atoms in total. The van der Waals surface area contributed by atoms with Gasteiger partial charge in [-0.25, -0.2) is 4.39 Å². The summed E-state index contributed by atoms with van der Waals surface area (Å²) in [6.45, 7) is 4.02. The fraction of sp³-hybridized carbons (Fsp3) is 0.571. The molecule has 4 heteroatoms. The maximum absolute atomic E-state index is 13.8. The highest BCUT2D eigenvalue weighted by molar-refractivity contribution is 5.37. The predicted octanol–water partition coefficient (Wildman–Crippen LogP) is 2.57. The van der Waals surface area contributed by atoms with Crippen molar-refractivity contribution in [1.29, 1.82) is 0 Å². The lowest BCUT2D eigenvalue weighted by Gasteiger charge is -2.20. The zero-order valence-corrected chi connectivity index (χ0v) is 11.4. The van der Waals surface area contributed by atoms with Crippen molar-refractivity contribution in [2.45, 2.75) is 25.8 Å². The Labute approximate surface area is 109 Å². The molecule has 102 valence electrons. The lowest BCUT2D eigenvalue weighted by Crippen LogP contribution is -2.25. The molecular formula is C14H23FN2O. The standard InChI is InChI=1S/C14H23FN2O/c1-4-9-17(2)10-8-12(16)14-11(15)6-5-7-13(14)18-3/h5-7,12H,4,8-10,16H2,1-3H3. The van der Waals surface area contributed by atoms with Crippen LogP contribution in [0, 0.1) is 5.82 Å². The van der Waals surface area contributed by atoms with Crippen LogP contribution in [0.25, 0.3) is 0 Å². The molecule has 0 aliphatic carbocycles. The molecule has 0 aliphatic heterocycles. The van der Waals surface area contributed by atoms with E-state index in [2.05, 4.69) is 18.9 Å². The van der Waals surface area contributed by atoms with Crippen molar-refractivity contribution in [3.63, 3.8) is 0 Å². The third-order valence-electron chi connectivity index (χ3n) is 3.03. The van der Waals surface area contributed by atoms with Gasteiger partial charge < -0.3 is 15.4 Å². The molecule has 0 fully saturated rings. The van der Waals surface area contributed by atoms with E-state index in [-0.39, 0.29) is 11.9 Å². The predicted molar refractivity (Wildman–Crippen MR) is 72.3 cm³/mol. The summed E-state index contributed by atoms with van der Waals surface area (Å²) in [5.41, 5.74) is 6.55. The number of ether oxygens (including phenoxy) is 1. The number of methoxy groups -OCH3 is 1. The smallest absolute Gasteiger partial charge is 0.131 e. The number of nitrogens with two attached hydrogens (primary N) is 1. The van der Waals surface area contributed by atoms with Gasteiger partial charge in [0.15, 0.2) is 0 Å². The first kappa shape index (κ1) is 14.9. The molecular weight excluding hydrogens is 231 g/mol. The van der Waals surface area contributed by atoms with E-state index < -0.39 is 0 Å². The Morgan fingerprint density at radius 1 is 1.39 bits per heavy atom. The van der Waals surface area contributed by atoms with Crippen molar-refractivity contribution in [1.82, 2.24) is 4.90 Å². The Morgan fingerprint density at radius 3 is 2.72 bits per heavy atom. The summed E-state index contributed by atoms with van der Waals surface area (Å²) in [4.78, 5) is 2.20. The first-order valence-corrected chi connectivity index (χ1v) is 6.36. The Bertz CT molecular complexity index is 371. The van der Waals surface area contributed by atoms with Crippen LogP contribution in [0.4, 0.5) is 4.39 Å². The van der Waals surface area contributed by atoms with Gasteiger partial charge in [0, 0.05) is 11.6 Å². The van der Waals surface area contributed by atoms with Crippen LogP contribution >= 0.6 is 0 Å². The zero-order valence-electron chi connectivity index (χ0n) is 11.4. The van der Waals surface area contributed by atoms with Crippen LogP contribution in [0.15, 0.2) is 18.2 Å². The highest BCUT2D eigenvalue weighted by Gasteiger charge is 2.17. The normalized spacial score (nSPS) is 12.8. The zero-order chi connectivity index (χ0) is 13.5. The Kier molecular flexibility index (Phi) is 6.09. The van der Waals surface area contributed by atoms with E-state index in [9.17, 15) is 4.39 Å². The van der Waals surface area contributed by atoms with Gasteiger partial charge in [0.2, 0.25) is 0 Å². The largest absolute Gasteiger partial charge is 0.496 e. The number of halogens is 1. The van der Waals surface area contributed by atoms with E-state index in [0.717, 1.165) is 19.5 Å². The number of rotatable bonds is 7. The number of nitrogens with zero attached hydrogens (tertiary/aromatic N) is 1. The molecule has 0 aliphatic rings. The van der Waals surface area contributed by atoms with Gasteiger partial charge in [-0.3, -0.25) is 0 Å². The summed E-state index contributed by atoms with van der Waals surface area (Å²) in [6.07, 6.45) is 1.82. The second kappa shape index (κ2) is 7.34. The molecule has 1 rings (SSSR count). The molecule has 0 saturated carbocycles. The second-order valence-electron chi connectivity index (χ2n) is 4.55. The summed E-state index contributed by atoms with van der Waals surface area (Å²) in [6, 6.07) is 4.47. The van der Waals surface area contributed by atoms with Crippen LogP contribution in [0.5, 0.6) is 5.75 Å². The second-order valence-corrected chi connectivity index (χ2v) is 4.55. The van der Waals surface area contributed by atoms with Crippen LogP contribution in [0.3, 0.4) is 0 Å². The Hall–Kier alpha value is -1.13. The molecule has 0 spiro atoms. The van der Waals surface area contributed by atoms with E-state index in [0.29, 0.717) is 17.7 Å². The van der Waals surface area contributed by atoms with E-state index >= 15 is 0 Å². The van der Waals surface area contributed by atoms with Crippen molar-refractivity contribution < 1.29 is 9.13 Å². The average Bonchev–Trinajstić information content (AvgIpc) is 2.36. The molecule has 0 saturated heterocycles. The first-order valence-electron chi connectivity index (χ1n) is 6.36. The van der Waals surface area contributed by atoms with Crippen molar-refractivity contribution in [3.05, 3.63) is 29.6 Å². The lowest BCUT2D eigenvalue weighted by atomic mass is 10.0. The maximum Gasteiger partial charge on any atom is 0.131 e. The molecule has 18 heavy (non-hydrogen) atoms. The fourth-order valence-corrected chi connectivity index (χ4v) is 2.05. The molecule has 0 radical (unpaired) electrons. The first-order chi connectivity index (χ1) is 8.60. The Morgan fingerprint density at radius 2 is 2.11 bits per heavy atom. The van der Waals surface area contributed by atoms with Crippen molar-refractivity contribution in [2.24, 2.45) is 5.73 Å². The van der Waals surface area contributed by atoms with Gasteiger partial charge in [0.05, 0.1) is 7.11 Å². The summed E-state index contributed by atoms with van der Waals surface area (Å²) < 4.78 is 19.0. The van der Waals surface area contributed by atoms with Gasteiger partial charge in [-0.2, -0.15) is 0 Å². The molecule has 1 unspecified atom stereocenters. The number of hydrogen-bond acceptors (Lipinski definition) is 3. The van der Waals surface area contributed by atoms with Gasteiger partial charge in [0.1, 0.15) is 11.6 Å². The van der Waals surface area contributed by atoms with E-state index in [1.54, 1.807) is 12.1 Å². The topological polar surface area (TPSA) is 38.5 Å². The number of hydrogen-bond donors (Lipinski definition) is 1. The molecule has 0 bridgehead atoms. The van der Waals surface area contributed by atoms with Crippen LogP contribution in [-0.2, 0) is 0 Å². The van der Waals surface area contributed by atoms with Crippen LogP contribution < -0.4 is 10.5 Å². The summed E-state index contributed by atoms with van der Waals surface area (Å²) >= 11 is 0. The average molecular weight is 254 g/mol. The summed E-state index contributed by atoms with van der Waals surface area (Å²) in [5.74, 6) is 0.237. The van der Waals surface area contributed by atoms with E-state index in [1.807, 2.05) is 0 Å². The molecule has 0 aromatic heterocycles. The minimum absolute atomic E-state index is 0.292. The fourth-order valence-electron chi connectivity index (χ4n) is 2.05.